The van der Waals surface area contributed by atoms with Gasteiger partial charge in [-0.1, -0.05) is 15.9 Å². The fourth-order valence-electron chi connectivity index (χ4n) is 4.45. The van der Waals surface area contributed by atoms with Crippen molar-refractivity contribution in [3.63, 3.8) is 0 Å². The van der Waals surface area contributed by atoms with Crippen molar-refractivity contribution in [3.8, 4) is 11.5 Å². The van der Waals surface area contributed by atoms with E-state index in [1.165, 1.54) is 7.11 Å². The average Bonchev–Trinajstić information content (AvgIpc) is 3.19. The monoisotopic (exact) mass is 395 g/mol. The van der Waals surface area contributed by atoms with Crippen LogP contribution in [0.15, 0.2) is 18.2 Å². The SMILES string of the molecule is COc1ccc(NC(=O)[C@@H]2[C@H]3C[C@H]4[C@H](OC(=O)[C@@H]42)[C@@H]3Br)c(OC)c1. The summed E-state index contributed by atoms with van der Waals surface area (Å²) < 4.78 is 15.9. The molecule has 2 bridgehead atoms. The number of hydrogen-bond donors (Lipinski definition) is 1. The fourth-order valence-corrected chi connectivity index (χ4v) is 5.49. The molecule has 0 radical (unpaired) electrons. The van der Waals surface area contributed by atoms with E-state index in [-0.39, 0.29) is 46.5 Å². The topological polar surface area (TPSA) is 73.9 Å². The first-order chi connectivity index (χ1) is 11.5. The number of fused-ring (bicyclic) bond motifs is 1. The van der Waals surface area contributed by atoms with Gasteiger partial charge in [0, 0.05) is 12.0 Å². The maximum absolute atomic E-state index is 12.9. The summed E-state index contributed by atoms with van der Waals surface area (Å²) in [5.41, 5.74) is 0.570. The molecule has 1 heterocycles. The molecule has 1 saturated heterocycles. The van der Waals surface area contributed by atoms with E-state index in [1.54, 1.807) is 25.3 Å². The third kappa shape index (κ3) is 2.13. The summed E-state index contributed by atoms with van der Waals surface area (Å²) in [7, 11) is 3.11. The van der Waals surface area contributed by atoms with Gasteiger partial charge in [0.2, 0.25) is 5.91 Å². The summed E-state index contributed by atoms with van der Waals surface area (Å²) in [6.07, 6.45) is 0.779. The van der Waals surface area contributed by atoms with Crippen LogP contribution >= 0.6 is 15.9 Å². The molecule has 0 aromatic heterocycles. The van der Waals surface area contributed by atoms with E-state index < -0.39 is 0 Å². The summed E-state index contributed by atoms with van der Waals surface area (Å²) in [6.45, 7) is 0. The molecule has 2 aliphatic carbocycles. The highest BCUT2D eigenvalue weighted by atomic mass is 79.9. The van der Waals surface area contributed by atoms with Crippen LogP contribution in [0.2, 0.25) is 0 Å². The van der Waals surface area contributed by atoms with Crippen molar-refractivity contribution in [1.29, 1.82) is 0 Å². The molecule has 1 N–H and O–H groups in total. The van der Waals surface area contributed by atoms with Crippen LogP contribution in [-0.2, 0) is 14.3 Å². The van der Waals surface area contributed by atoms with Gasteiger partial charge in [-0.3, -0.25) is 9.59 Å². The lowest BCUT2D eigenvalue weighted by atomic mass is 9.79. The Labute approximate surface area is 148 Å². The second-order valence-corrected chi connectivity index (χ2v) is 7.57. The minimum absolute atomic E-state index is 0.0544. The van der Waals surface area contributed by atoms with Gasteiger partial charge < -0.3 is 19.5 Å². The highest BCUT2D eigenvalue weighted by Crippen LogP contribution is 2.60. The van der Waals surface area contributed by atoms with E-state index >= 15 is 0 Å². The van der Waals surface area contributed by atoms with E-state index in [9.17, 15) is 9.59 Å². The molecule has 4 rings (SSSR count). The zero-order chi connectivity index (χ0) is 17.0. The Bertz CT molecular complexity index is 708. The number of carbonyl (C=O) groups is 2. The predicted molar refractivity (Wildman–Crippen MR) is 89.3 cm³/mol. The molecule has 1 amide bonds. The van der Waals surface area contributed by atoms with Gasteiger partial charge in [-0.15, -0.1) is 0 Å². The molecule has 2 saturated carbocycles. The van der Waals surface area contributed by atoms with Gasteiger partial charge >= 0.3 is 5.97 Å². The maximum atomic E-state index is 12.9. The van der Waals surface area contributed by atoms with Gasteiger partial charge in [0.25, 0.3) is 0 Å². The first-order valence-corrected chi connectivity index (χ1v) is 8.84. The first kappa shape index (κ1) is 15.7. The van der Waals surface area contributed by atoms with Crippen molar-refractivity contribution in [3.05, 3.63) is 18.2 Å². The largest absolute Gasteiger partial charge is 0.497 e. The maximum Gasteiger partial charge on any atom is 0.310 e. The highest BCUT2D eigenvalue weighted by molar-refractivity contribution is 9.09. The van der Waals surface area contributed by atoms with Gasteiger partial charge in [-0.25, -0.2) is 0 Å². The number of nitrogens with one attached hydrogen (secondary N) is 1. The minimum atomic E-state index is -0.363. The van der Waals surface area contributed by atoms with E-state index in [2.05, 4.69) is 21.2 Å². The van der Waals surface area contributed by atoms with E-state index in [1.807, 2.05) is 0 Å². The Hall–Kier alpha value is -1.76. The van der Waals surface area contributed by atoms with Crippen LogP contribution in [0.25, 0.3) is 0 Å². The number of methoxy groups -OCH3 is 2. The molecule has 24 heavy (non-hydrogen) atoms. The first-order valence-electron chi connectivity index (χ1n) is 7.92. The van der Waals surface area contributed by atoms with Crippen molar-refractivity contribution in [1.82, 2.24) is 0 Å². The highest BCUT2D eigenvalue weighted by Gasteiger charge is 2.67. The van der Waals surface area contributed by atoms with Crippen LogP contribution in [0, 0.1) is 23.7 Å². The Morgan fingerprint density at radius 3 is 2.79 bits per heavy atom. The molecule has 1 aromatic carbocycles. The molecule has 0 spiro atoms. The molecular weight excluding hydrogens is 378 g/mol. The second-order valence-electron chi connectivity index (χ2n) is 6.52. The van der Waals surface area contributed by atoms with Crippen LogP contribution < -0.4 is 14.8 Å². The quantitative estimate of drug-likeness (QED) is 0.624. The number of esters is 1. The van der Waals surface area contributed by atoms with Crippen LogP contribution in [0.4, 0.5) is 5.69 Å². The number of anilines is 1. The second kappa shape index (κ2) is 5.65. The minimum Gasteiger partial charge on any atom is -0.497 e. The molecule has 1 aliphatic heterocycles. The summed E-state index contributed by atoms with van der Waals surface area (Å²) >= 11 is 3.62. The Balaban J connectivity index is 1.58. The van der Waals surface area contributed by atoms with Crippen molar-refractivity contribution in [2.75, 3.05) is 19.5 Å². The predicted octanol–water partition coefficient (Wildman–Crippen LogP) is 2.21. The standard InChI is InChI=1S/C17H18BrNO5/c1-22-7-3-4-10(11(5-7)23-2)19-16(20)12-8-6-9-13(12)17(21)24-15(9)14(8)18/h3-5,8-9,12-15H,6H2,1-2H3,(H,19,20)/t8-,9-,12-,13+,14-,15+/m1/s1. The Kier molecular flexibility index (Phi) is 3.71. The normalized spacial score (nSPS) is 35.7. The van der Waals surface area contributed by atoms with Gasteiger partial charge in [-0.05, 0) is 24.5 Å². The van der Waals surface area contributed by atoms with Gasteiger partial charge in [0.1, 0.15) is 17.6 Å². The molecule has 128 valence electrons. The number of alkyl halides is 1. The van der Waals surface area contributed by atoms with Gasteiger partial charge in [0.15, 0.2) is 0 Å². The molecule has 6 atom stereocenters. The van der Waals surface area contributed by atoms with Crippen LogP contribution in [0.1, 0.15) is 6.42 Å². The Morgan fingerprint density at radius 1 is 1.29 bits per heavy atom. The summed E-state index contributed by atoms with van der Waals surface area (Å²) in [6, 6.07) is 5.21. The lowest BCUT2D eigenvalue weighted by Crippen LogP contribution is -2.40. The van der Waals surface area contributed by atoms with Crippen LogP contribution in [0.3, 0.4) is 0 Å². The zero-order valence-corrected chi connectivity index (χ0v) is 14.9. The summed E-state index contributed by atoms with van der Waals surface area (Å²) in [5.74, 6) is 0.367. The van der Waals surface area contributed by atoms with Crippen molar-refractivity contribution in [2.24, 2.45) is 23.7 Å². The smallest absolute Gasteiger partial charge is 0.310 e. The van der Waals surface area contributed by atoms with E-state index in [4.69, 9.17) is 14.2 Å². The molecular formula is C17H18BrNO5. The number of rotatable bonds is 4. The molecule has 7 heteroatoms. The number of carbonyl (C=O) groups excluding carboxylic acids is 2. The third-order valence-electron chi connectivity index (χ3n) is 5.49. The van der Waals surface area contributed by atoms with Crippen LogP contribution in [0.5, 0.6) is 11.5 Å². The number of hydrogen-bond acceptors (Lipinski definition) is 5. The summed E-state index contributed by atoms with van der Waals surface area (Å²) in [4.78, 5) is 25.1. The van der Waals surface area contributed by atoms with Gasteiger partial charge in [-0.2, -0.15) is 0 Å². The van der Waals surface area contributed by atoms with Crippen molar-refractivity contribution >= 4 is 33.5 Å². The van der Waals surface area contributed by atoms with Crippen molar-refractivity contribution in [2.45, 2.75) is 17.4 Å². The van der Waals surface area contributed by atoms with Gasteiger partial charge in [0.05, 0.1) is 36.6 Å². The zero-order valence-electron chi connectivity index (χ0n) is 13.3. The molecule has 3 fully saturated rings. The number of ether oxygens (including phenoxy) is 3. The molecule has 6 nitrogen and oxygen atoms in total. The lowest BCUT2D eigenvalue weighted by molar-refractivity contribution is -0.145. The summed E-state index contributed by atoms with van der Waals surface area (Å²) in [5, 5.41) is 2.92. The number of amides is 1. The number of halogens is 1. The van der Waals surface area contributed by atoms with E-state index in [0.717, 1.165) is 6.42 Å². The fraction of sp³-hybridized carbons (Fsp3) is 0.529. The Morgan fingerprint density at radius 2 is 2.08 bits per heavy atom. The van der Waals surface area contributed by atoms with Crippen molar-refractivity contribution < 1.29 is 23.8 Å². The third-order valence-corrected chi connectivity index (χ3v) is 6.69. The average molecular weight is 396 g/mol. The molecule has 3 aliphatic rings. The van der Waals surface area contributed by atoms with Crippen LogP contribution in [-0.4, -0.2) is 37.0 Å². The van der Waals surface area contributed by atoms with E-state index in [0.29, 0.717) is 17.2 Å². The number of benzene rings is 1. The molecule has 0 unspecified atom stereocenters. The molecule has 1 aromatic rings. The lowest BCUT2D eigenvalue weighted by Gasteiger charge is -2.27.